The molecule has 120 valence electrons. The van der Waals surface area contributed by atoms with Gasteiger partial charge in [-0.25, -0.2) is 0 Å². The molecule has 0 amide bonds. The average molecular weight is 283 g/mol. The Morgan fingerprint density at radius 1 is 1.00 bits per heavy atom. The SMILES string of the molecule is CCCCCC(CCCCC)NCC1CCCCN1C. The predicted molar refractivity (Wildman–Crippen MR) is 90.3 cm³/mol. The summed E-state index contributed by atoms with van der Waals surface area (Å²) in [6, 6.07) is 1.55. The van der Waals surface area contributed by atoms with Gasteiger partial charge in [0.1, 0.15) is 0 Å². The van der Waals surface area contributed by atoms with E-state index in [0.29, 0.717) is 0 Å². The third-order valence-electron chi connectivity index (χ3n) is 4.88. The molecule has 1 unspecified atom stereocenters. The maximum absolute atomic E-state index is 3.90. The van der Waals surface area contributed by atoms with Crippen LogP contribution < -0.4 is 5.32 Å². The normalized spacial score (nSPS) is 20.7. The van der Waals surface area contributed by atoms with Crippen molar-refractivity contribution in [3.8, 4) is 0 Å². The molecule has 0 aromatic carbocycles. The highest BCUT2D eigenvalue weighted by atomic mass is 15.2. The van der Waals surface area contributed by atoms with E-state index in [2.05, 4.69) is 31.1 Å². The third kappa shape index (κ3) is 7.64. The molecule has 0 aromatic heterocycles. The number of hydrogen-bond acceptors (Lipinski definition) is 2. The summed E-state index contributed by atoms with van der Waals surface area (Å²) in [4.78, 5) is 2.56. The van der Waals surface area contributed by atoms with Crippen molar-refractivity contribution < 1.29 is 0 Å². The molecule has 20 heavy (non-hydrogen) atoms. The van der Waals surface area contributed by atoms with E-state index < -0.39 is 0 Å². The van der Waals surface area contributed by atoms with Gasteiger partial charge in [0.05, 0.1) is 0 Å². The Bertz CT molecular complexity index is 207. The number of hydrogen-bond donors (Lipinski definition) is 1. The van der Waals surface area contributed by atoms with Crippen molar-refractivity contribution >= 4 is 0 Å². The van der Waals surface area contributed by atoms with Gasteiger partial charge in [0.15, 0.2) is 0 Å². The smallest absolute Gasteiger partial charge is 0.0217 e. The largest absolute Gasteiger partial charge is 0.312 e. The van der Waals surface area contributed by atoms with Crippen LogP contribution in [0.2, 0.25) is 0 Å². The first-order chi connectivity index (χ1) is 9.77. The highest BCUT2D eigenvalue weighted by Gasteiger charge is 2.19. The molecular formula is C18H38N2. The standard InChI is InChI=1S/C18H38N2/c1-4-6-8-12-17(13-9-7-5-2)19-16-18-14-10-11-15-20(18)3/h17-19H,4-16H2,1-3H3. The molecule has 1 atom stereocenters. The van der Waals surface area contributed by atoms with Gasteiger partial charge < -0.3 is 10.2 Å². The zero-order chi connectivity index (χ0) is 14.6. The minimum absolute atomic E-state index is 0.767. The van der Waals surface area contributed by atoms with E-state index in [1.807, 2.05) is 0 Å². The summed E-state index contributed by atoms with van der Waals surface area (Å²) in [6.07, 6.45) is 15.3. The first-order valence-corrected chi connectivity index (χ1v) is 9.21. The maximum Gasteiger partial charge on any atom is 0.0217 e. The number of rotatable bonds is 11. The quantitative estimate of drug-likeness (QED) is 0.558. The van der Waals surface area contributed by atoms with E-state index in [-0.39, 0.29) is 0 Å². The van der Waals surface area contributed by atoms with Crippen molar-refractivity contribution in [2.75, 3.05) is 20.1 Å². The lowest BCUT2D eigenvalue weighted by Gasteiger charge is -2.34. The Hall–Kier alpha value is -0.0800. The monoisotopic (exact) mass is 282 g/mol. The second-order valence-electron chi connectivity index (χ2n) is 6.73. The average Bonchev–Trinajstić information content (AvgIpc) is 2.46. The van der Waals surface area contributed by atoms with Crippen LogP contribution in [-0.4, -0.2) is 37.1 Å². The first kappa shape index (κ1) is 18.0. The van der Waals surface area contributed by atoms with Crippen molar-refractivity contribution in [3.05, 3.63) is 0 Å². The molecule has 1 heterocycles. The Morgan fingerprint density at radius 2 is 1.65 bits per heavy atom. The summed E-state index contributed by atoms with van der Waals surface area (Å²) < 4.78 is 0. The number of likely N-dealkylation sites (tertiary alicyclic amines) is 1. The van der Waals surface area contributed by atoms with Crippen molar-refractivity contribution in [3.63, 3.8) is 0 Å². The van der Waals surface area contributed by atoms with Crippen molar-refractivity contribution in [1.82, 2.24) is 10.2 Å². The molecule has 1 rings (SSSR count). The lowest BCUT2D eigenvalue weighted by Crippen LogP contribution is -2.45. The summed E-state index contributed by atoms with van der Waals surface area (Å²) in [5, 5.41) is 3.90. The lowest BCUT2D eigenvalue weighted by atomic mass is 9.99. The van der Waals surface area contributed by atoms with Crippen molar-refractivity contribution in [2.45, 2.75) is 96.6 Å². The fourth-order valence-corrected chi connectivity index (χ4v) is 3.33. The van der Waals surface area contributed by atoms with E-state index in [0.717, 1.165) is 12.1 Å². The summed E-state index contributed by atoms with van der Waals surface area (Å²) in [5.74, 6) is 0. The number of likely N-dealkylation sites (N-methyl/N-ethyl adjacent to an activating group) is 1. The topological polar surface area (TPSA) is 15.3 Å². The molecule has 1 saturated heterocycles. The van der Waals surface area contributed by atoms with Gasteiger partial charge >= 0.3 is 0 Å². The van der Waals surface area contributed by atoms with E-state index in [4.69, 9.17) is 0 Å². The Kier molecular flexibility index (Phi) is 10.4. The minimum atomic E-state index is 0.767. The number of unbranched alkanes of at least 4 members (excludes halogenated alkanes) is 4. The van der Waals surface area contributed by atoms with Gasteiger partial charge in [-0.2, -0.15) is 0 Å². The van der Waals surface area contributed by atoms with E-state index in [1.54, 1.807) is 0 Å². The summed E-state index contributed by atoms with van der Waals surface area (Å²) in [6.45, 7) is 7.11. The summed E-state index contributed by atoms with van der Waals surface area (Å²) in [7, 11) is 2.30. The lowest BCUT2D eigenvalue weighted by molar-refractivity contribution is 0.175. The van der Waals surface area contributed by atoms with Gasteiger partial charge in [-0.3, -0.25) is 0 Å². The van der Waals surface area contributed by atoms with E-state index in [1.165, 1.54) is 83.7 Å². The fourth-order valence-electron chi connectivity index (χ4n) is 3.33. The van der Waals surface area contributed by atoms with Gasteiger partial charge in [-0.15, -0.1) is 0 Å². The Balaban J connectivity index is 2.25. The third-order valence-corrected chi connectivity index (χ3v) is 4.88. The summed E-state index contributed by atoms with van der Waals surface area (Å²) in [5.41, 5.74) is 0. The van der Waals surface area contributed by atoms with Crippen LogP contribution >= 0.6 is 0 Å². The maximum atomic E-state index is 3.90. The number of nitrogens with zero attached hydrogens (tertiary/aromatic N) is 1. The zero-order valence-electron chi connectivity index (χ0n) is 14.3. The fraction of sp³-hybridized carbons (Fsp3) is 1.00. The molecule has 2 heteroatoms. The van der Waals surface area contributed by atoms with Gasteiger partial charge in [-0.1, -0.05) is 58.8 Å². The van der Waals surface area contributed by atoms with Crippen LogP contribution in [0.25, 0.3) is 0 Å². The summed E-state index contributed by atoms with van der Waals surface area (Å²) >= 11 is 0. The van der Waals surface area contributed by atoms with Gasteiger partial charge in [0, 0.05) is 18.6 Å². The Labute approximate surface area is 127 Å². The second-order valence-corrected chi connectivity index (χ2v) is 6.73. The molecule has 0 aromatic rings. The van der Waals surface area contributed by atoms with Gasteiger partial charge in [0.2, 0.25) is 0 Å². The van der Waals surface area contributed by atoms with Gasteiger partial charge in [-0.05, 0) is 39.3 Å². The predicted octanol–water partition coefficient (Wildman–Crippen LogP) is 4.59. The molecule has 0 aliphatic carbocycles. The van der Waals surface area contributed by atoms with Crippen LogP contribution in [0.1, 0.15) is 84.5 Å². The molecule has 0 bridgehead atoms. The van der Waals surface area contributed by atoms with E-state index >= 15 is 0 Å². The van der Waals surface area contributed by atoms with E-state index in [9.17, 15) is 0 Å². The first-order valence-electron chi connectivity index (χ1n) is 9.21. The molecule has 1 aliphatic rings. The molecule has 0 radical (unpaired) electrons. The van der Waals surface area contributed by atoms with Crippen LogP contribution in [0.5, 0.6) is 0 Å². The van der Waals surface area contributed by atoms with Crippen LogP contribution in [0, 0.1) is 0 Å². The minimum Gasteiger partial charge on any atom is -0.312 e. The van der Waals surface area contributed by atoms with Crippen LogP contribution in [0.3, 0.4) is 0 Å². The van der Waals surface area contributed by atoms with Crippen LogP contribution in [0.15, 0.2) is 0 Å². The van der Waals surface area contributed by atoms with Crippen molar-refractivity contribution in [2.24, 2.45) is 0 Å². The molecule has 1 fully saturated rings. The zero-order valence-corrected chi connectivity index (χ0v) is 14.3. The highest BCUT2D eigenvalue weighted by Crippen LogP contribution is 2.16. The van der Waals surface area contributed by atoms with Crippen molar-refractivity contribution in [1.29, 1.82) is 0 Å². The highest BCUT2D eigenvalue weighted by molar-refractivity contribution is 4.78. The number of piperidine rings is 1. The molecule has 0 saturated carbocycles. The second kappa shape index (κ2) is 11.6. The molecular weight excluding hydrogens is 244 g/mol. The molecule has 1 aliphatic heterocycles. The van der Waals surface area contributed by atoms with Gasteiger partial charge in [0.25, 0.3) is 0 Å². The van der Waals surface area contributed by atoms with Crippen LogP contribution in [0.4, 0.5) is 0 Å². The molecule has 0 spiro atoms. The molecule has 1 N–H and O–H groups in total. The van der Waals surface area contributed by atoms with Crippen LogP contribution in [-0.2, 0) is 0 Å². The molecule has 2 nitrogen and oxygen atoms in total. The number of nitrogens with one attached hydrogen (secondary N) is 1. The Morgan fingerprint density at radius 3 is 2.20 bits per heavy atom.